The van der Waals surface area contributed by atoms with Crippen LogP contribution in [0.15, 0.2) is 47.9 Å². The number of nitro groups is 1. The molecule has 0 aliphatic carbocycles. The number of nitro benzene ring substituents is 1. The van der Waals surface area contributed by atoms with E-state index in [-0.39, 0.29) is 23.0 Å². The van der Waals surface area contributed by atoms with Crippen LogP contribution in [0.4, 0.5) is 11.4 Å². The maximum absolute atomic E-state index is 12.4. The van der Waals surface area contributed by atoms with E-state index in [0.717, 1.165) is 17.0 Å². The molecule has 0 aliphatic rings. The molecule has 0 saturated carbocycles. The number of carbonyl (C=O) groups excluding carboxylic acids is 1. The maximum atomic E-state index is 12.4. The van der Waals surface area contributed by atoms with E-state index in [0.29, 0.717) is 10.7 Å². The molecule has 9 nitrogen and oxygen atoms in total. The first-order valence-electron chi connectivity index (χ1n) is 8.62. The van der Waals surface area contributed by atoms with Crippen molar-refractivity contribution in [3.63, 3.8) is 0 Å². The first-order chi connectivity index (χ1) is 13.9. The zero-order valence-electron chi connectivity index (χ0n) is 16.1. The van der Waals surface area contributed by atoms with Gasteiger partial charge >= 0.3 is 0 Å². The average Bonchev–Trinajstić information content (AvgIpc) is 3.18. The first kappa shape index (κ1) is 20.3. The van der Waals surface area contributed by atoms with Crippen molar-refractivity contribution in [1.29, 1.82) is 0 Å². The van der Waals surface area contributed by atoms with Crippen LogP contribution in [-0.4, -0.2) is 38.5 Å². The Balaban J connectivity index is 1.72. The number of hydrogen-bond donors (Lipinski definition) is 1. The monoisotopic (exact) mass is 413 g/mol. The van der Waals surface area contributed by atoms with E-state index in [1.165, 1.54) is 17.8 Å². The van der Waals surface area contributed by atoms with Crippen molar-refractivity contribution >= 4 is 29.0 Å². The molecule has 29 heavy (non-hydrogen) atoms. The number of nitrogens with zero attached hydrogens (tertiary/aromatic N) is 4. The summed E-state index contributed by atoms with van der Waals surface area (Å²) >= 11 is 1.19. The minimum absolute atomic E-state index is 0.0272. The summed E-state index contributed by atoms with van der Waals surface area (Å²) in [5, 5.41) is 22.4. The van der Waals surface area contributed by atoms with Crippen LogP contribution in [0.3, 0.4) is 0 Å². The van der Waals surface area contributed by atoms with Gasteiger partial charge in [0.1, 0.15) is 17.8 Å². The van der Waals surface area contributed by atoms with Gasteiger partial charge < -0.3 is 10.1 Å². The lowest BCUT2D eigenvalue weighted by Gasteiger charge is -2.11. The quantitative estimate of drug-likeness (QED) is 0.358. The second-order valence-electron chi connectivity index (χ2n) is 6.18. The molecule has 150 valence electrons. The molecular weight excluding hydrogens is 394 g/mol. The Morgan fingerprint density at radius 2 is 1.97 bits per heavy atom. The molecule has 3 rings (SSSR count). The fourth-order valence-electron chi connectivity index (χ4n) is 2.66. The van der Waals surface area contributed by atoms with E-state index in [1.54, 1.807) is 31.0 Å². The van der Waals surface area contributed by atoms with Crippen molar-refractivity contribution in [2.45, 2.75) is 19.0 Å². The molecule has 0 aliphatic heterocycles. The van der Waals surface area contributed by atoms with Crippen LogP contribution in [0.25, 0.3) is 5.69 Å². The number of hydrogen-bond acceptors (Lipinski definition) is 7. The summed E-state index contributed by atoms with van der Waals surface area (Å²) in [6.07, 6.45) is 1.55. The number of nitrogens with one attached hydrogen (secondary N) is 1. The second-order valence-corrected chi connectivity index (χ2v) is 7.12. The van der Waals surface area contributed by atoms with E-state index in [2.05, 4.69) is 15.5 Å². The number of thioether (sulfide) groups is 1. The number of aryl methyl sites for hydroxylation is 1. The van der Waals surface area contributed by atoms with E-state index in [4.69, 9.17) is 4.74 Å². The summed E-state index contributed by atoms with van der Waals surface area (Å²) in [6.45, 7) is 3.58. The predicted molar refractivity (Wildman–Crippen MR) is 110 cm³/mol. The summed E-state index contributed by atoms with van der Waals surface area (Å²) in [7, 11) is 1.59. The van der Waals surface area contributed by atoms with Gasteiger partial charge in [-0.2, -0.15) is 0 Å². The summed E-state index contributed by atoms with van der Waals surface area (Å²) in [6, 6.07) is 10.4. The second kappa shape index (κ2) is 8.74. The largest absolute Gasteiger partial charge is 0.497 e. The molecule has 10 heteroatoms. The van der Waals surface area contributed by atoms with Crippen molar-refractivity contribution < 1.29 is 14.5 Å². The third-order valence-corrected chi connectivity index (χ3v) is 5.32. The van der Waals surface area contributed by atoms with Gasteiger partial charge in [0.25, 0.3) is 5.69 Å². The fraction of sp³-hybridized carbons (Fsp3) is 0.211. The van der Waals surface area contributed by atoms with Gasteiger partial charge in [-0.15, -0.1) is 10.2 Å². The Kier molecular flexibility index (Phi) is 6.13. The topological polar surface area (TPSA) is 112 Å². The lowest BCUT2D eigenvalue weighted by atomic mass is 10.1. The normalized spacial score (nSPS) is 10.6. The summed E-state index contributed by atoms with van der Waals surface area (Å²) in [5.41, 5.74) is 2.44. The highest BCUT2D eigenvalue weighted by molar-refractivity contribution is 7.99. The highest BCUT2D eigenvalue weighted by atomic mass is 32.2. The van der Waals surface area contributed by atoms with Gasteiger partial charge in [-0.3, -0.25) is 19.5 Å². The summed E-state index contributed by atoms with van der Waals surface area (Å²) in [5.74, 6) is 0.390. The van der Waals surface area contributed by atoms with Gasteiger partial charge in [0.2, 0.25) is 5.91 Å². The van der Waals surface area contributed by atoms with Gasteiger partial charge in [0.15, 0.2) is 5.16 Å². The Morgan fingerprint density at radius 1 is 1.24 bits per heavy atom. The Hall–Kier alpha value is -3.40. The molecule has 0 bridgehead atoms. The van der Waals surface area contributed by atoms with Crippen molar-refractivity contribution in [2.24, 2.45) is 0 Å². The van der Waals surface area contributed by atoms with Crippen molar-refractivity contribution in [3.8, 4) is 11.4 Å². The molecule has 0 spiro atoms. The van der Waals surface area contributed by atoms with Crippen molar-refractivity contribution in [1.82, 2.24) is 14.8 Å². The minimum Gasteiger partial charge on any atom is -0.497 e. The molecule has 0 unspecified atom stereocenters. The van der Waals surface area contributed by atoms with Crippen LogP contribution in [0, 0.1) is 24.0 Å². The standard InChI is InChI=1S/C19H19N5O4S/c1-12-4-9-16(24(26)27)18(13(12)2)21-17(25)10-29-19-22-20-11-23(19)14-5-7-15(28-3)8-6-14/h4-9,11H,10H2,1-3H3,(H,21,25). The van der Waals surface area contributed by atoms with E-state index in [9.17, 15) is 14.9 Å². The van der Waals surface area contributed by atoms with E-state index < -0.39 is 4.92 Å². The van der Waals surface area contributed by atoms with Crippen LogP contribution >= 0.6 is 11.8 Å². The predicted octanol–water partition coefficient (Wildman–Crippen LogP) is 3.53. The Labute approximate surface area is 171 Å². The summed E-state index contributed by atoms with van der Waals surface area (Å²) in [4.78, 5) is 23.2. The lowest BCUT2D eigenvalue weighted by molar-refractivity contribution is -0.384. The van der Waals surface area contributed by atoms with Crippen LogP contribution in [0.5, 0.6) is 5.75 Å². The number of ether oxygens (including phenoxy) is 1. The number of anilines is 1. The number of carbonyl (C=O) groups is 1. The molecule has 0 fully saturated rings. The van der Waals surface area contributed by atoms with Crippen LogP contribution in [0.2, 0.25) is 0 Å². The van der Waals surface area contributed by atoms with E-state index in [1.807, 2.05) is 31.2 Å². The molecule has 0 atom stereocenters. The summed E-state index contributed by atoms with van der Waals surface area (Å²) < 4.78 is 6.90. The maximum Gasteiger partial charge on any atom is 0.293 e. The highest BCUT2D eigenvalue weighted by Gasteiger charge is 2.20. The molecule has 1 aromatic heterocycles. The third-order valence-electron chi connectivity index (χ3n) is 4.37. The number of amides is 1. The number of methoxy groups -OCH3 is 1. The SMILES string of the molecule is COc1ccc(-n2cnnc2SCC(=O)Nc2c([N+](=O)[O-])ccc(C)c2C)cc1. The Bertz CT molecular complexity index is 1050. The molecule has 1 heterocycles. The smallest absolute Gasteiger partial charge is 0.293 e. The first-order valence-corrected chi connectivity index (χ1v) is 9.61. The third kappa shape index (κ3) is 4.54. The van der Waals surface area contributed by atoms with Crippen molar-refractivity contribution in [3.05, 3.63) is 64.0 Å². The van der Waals surface area contributed by atoms with Crippen LogP contribution in [-0.2, 0) is 4.79 Å². The van der Waals surface area contributed by atoms with Gasteiger partial charge in [0.05, 0.1) is 17.8 Å². The molecule has 2 aromatic carbocycles. The van der Waals surface area contributed by atoms with Gasteiger partial charge in [-0.1, -0.05) is 17.8 Å². The zero-order valence-corrected chi connectivity index (χ0v) is 16.9. The van der Waals surface area contributed by atoms with Crippen LogP contribution in [0.1, 0.15) is 11.1 Å². The van der Waals surface area contributed by atoms with Gasteiger partial charge in [-0.25, -0.2) is 0 Å². The van der Waals surface area contributed by atoms with E-state index >= 15 is 0 Å². The molecule has 0 saturated heterocycles. The molecule has 3 aromatic rings. The number of aromatic nitrogens is 3. The zero-order chi connectivity index (χ0) is 21.0. The molecule has 1 N–H and O–H groups in total. The fourth-order valence-corrected chi connectivity index (χ4v) is 3.39. The highest BCUT2D eigenvalue weighted by Crippen LogP contribution is 2.30. The van der Waals surface area contributed by atoms with Crippen molar-refractivity contribution in [2.75, 3.05) is 18.2 Å². The molecule has 1 amide bonds. The number of benzene rings is 2. The lowest BCUT2D eigenvalue weighted by Crippen LogP contribution is -2.17. The minimum atomic E-state index is -0.504. The van der Waals surface area contributed by atoms with Crippen LogP contribution < -0.4 is 10.1 Å². The molecular formula is C19H19N5O4S. The molecule has 0 radical (unpaired) electrons. The average molecular weight is 413 g/mol. The number of rotatable bonds is 7. The Morgan fingerprint density at radius 3 is 2.62 bits per heavy atom. The van der Waals surface area contributed by atoms with Gasteiger partial charge in [0, 0.05) is 11.8 Å². The van der Waals surface area contributed by atoms with Gasteiger partial charge in [-0.05, 0) is 49.2 Å².